The summed E-state index contributed by atoms with van der Waals surface area (Å²) in [6.45, 7) is 4.61. The molecule has 1 rings (SSSR count). The van der Waals surface area contributed by atoms with Crippen molar-refractivity contribution in [1.82, 2.24) is 5.32 Å². The van der Waals surface area contributed by atoms with Gasteiger partial charge in [-0.3, -0.25) is 0 Å². The Morgan fingerprint density at radius 2 is 2.18 bits per heavy atom. The fraction of sp³-hybridized carbons (Fsp3) is 1.00. The van der Waals surface area contributed by atoms with Gasteiger partial charge in [-0.05, 0) is 31.9 Å². The summed E-state index contributed by atoms with van der Waals surface area (Å²) in [4.78, 5) is 0. The molecule has 66 valence electrons. The van der Waals surface area contributed by atoms with Crippen molar-refractivity contribution in [3.8, 4) is 0 Å². The molecular weight excluding hydrogens is 154 g/mol. The maximum absolute atomic E-state index is 3.63. The van der Waals surface area contributed by atoms with Crippen LogP contribution in [0.15, 0.2) is 0 Å². The fourth-order valence-corrected chi connectivity index (χ4v) is 2.34. The van der Waals surface area contributed by atoms with E-state index < -0.39 is 0 Å². The first-order chi connectivity index (χ1) is 5.22. The number of nitrogens with one attached hydrogen (secondary N) is 1. The Kier molecular flexibility index (Phi) is 3.73. The molecule has 1 fully saturated rings. The van der Waals surface area contributed by atoms with Crippen molar-refractivity contribution in [1.29, 1.82) is 0 Å². The van der Waals surface area contributed by atoms with Crippen LogP contribution in [0.1, 0.15) is 26.7 Å². The standard InChI is InChI=1S/C9H19NS/c1-7-4-9(5-7)10-8(2)6-11-3/h7-10H,4-6H2,1-3H3. The monoisotopic (exact) mass is 173 g/mol. The number of hydrogen-bond donors (Lipinski definition) is 1. The number of hydrogen-bond acceptors (Lipinski definition) is 2. The van der Waals surface area contributed by atoms with E-state index in [0.29, 0.717) is 6.04 Å². The van der Waals surface area contributed by atoms with Gasteiger partial charge < -0.3 is 5.32 Å². The normalized spacial score (nSPS) is 33.0. The highest BCUT2D eigenvalue weighted by Crippen LogP contribution is 2.26. The van der Waals surface area contributed by atoms with Gasteiger partial charge in [-0.15, -0.1) is 0 Å². The van der Waals surface area contributed by atoms with Gasteiger partial charge in [-0.1, -0.05) is 6.92 Å². The predicted molar refractivity (Wildman–Crippen MR) is 53.2 cm³/mol. The Morgan fingerprint density at radius 3 is 2.64 bits per heavy atom. The Labute approximate surface area is 74.3 Å². The van der Waals surface area contributed by atoms with Crippen molar-refractivity contribution < 1.29 is 0 Å². The van der Waals surface area contributed by atoms with Gasteiger partial charge in [-0.2, -0.15) is 11.8 Å². The Hall–Kier alpha value is 0.310. The van der Waals surface area contributed by atoms with Crippen LogP contribution in [0, 0.1) is 5.92 Å². The van der Waals surface area contributed by atoms with Crippen molar-refractivity contribution in [2.24, 2.45) is 5.92 Å². The van der Waals surface area contributed by atoms with E-state index in [2.05, 4.69) is 25.4 Å². The lowest BCUT2D eigenvalue weighted by atomic mass is 9.81. The zero-order valence-corrected chi connectivity index (χ0v) is 8.58. The Morgan fingerprint density at radius 1 is 1.55 bits per heavy atom. The van der Waals surface area contributed by atoms with Crippen LogP contribution < -0.4 is 5.32 Å². The fourth-order valence-electron chi connectivity index (χ4n) is 1.74. The molecule has 0 heterocycles. The lowest BCUT2D eigenvalue weighted by molar-refractivity contribution is 0.230. The first-order valence-electron chi connectivity index (χ1n) is 4.47. The molecule has 1 atom stereocenters. The third-order valence-electron chi connectivity index (χ3n) is 2.31. The summed E-state index contributed by atoms with van der Waals surface area (Å²) in [6, 6.07) is 1.52. The molecule has 1 nitrogen and oxygen atoms in total. The zero-order chi connectivity index (χ0) is 8.27. The molecule has 1 N–H and O–H groups in total. The highest BCUT2D eigenvalue weighted by atomic mass is 32.2. The smallest absolute Gasteiger partial charge is 0.0132 e. The Balaban J connectivity index is 2.02. The molecule has 0 aromatic carbocycles. The third-order valence-corrected chi connectivity index (χ3v) is 3.14. The lowest BCUT2D eigenvalue weighted by Crippen LogP contribution is -2.45. The van der Waals surface area contributed by atoms with Crippen LogP contribution in [-0.4, -0.2) is 24.1 Å². The maximum atomic E-state index is 3.63. The van der Waals surface area contributed by atoms with Crippen molar-refractivity contribution >= 4 is 11.8 Å². The molecule has 1 saturated carbocycles. The van der Waals surface area contributed by atoms with Gasteiger partial charge in [0, 0.05) is 17.8 Å². The zero-order valence-electron chi connectivity index (χ0n) is 7.76. The minimum absolute atomic E-state index is 0.697. The number of rotatable bonds is 4. The minimum Gasteiger partial charge on any atom is -0.311 e. The topological polar surface area (TPSA) is 12.0 Å². The molecule has 1 aliphatic carbocycles. The van der Waals surface area contributed by atoms with E-state index in [1.165, 1.54) is 18.6 Å². The van der Waals surface area contributed by atoms with Gasteiger partial charge in [0.15, 0.2) is 0 Å². The van der Waals surface area contributed by atoms with Gasteiger partial charge in [0.25, 0.3) is 0 Å². The molecular formula is C9H19NS. The van der Waals surface area contributed by atoms with E-state index in [1.54, 1.807) is 0 Å². The van der Waals surface area contributed by atoms with E-state index in [1.807, 2.05) is 11.8 Å². The van der Waals surface area contributed by atoms with Gasteiger partial charge in [0.1, 0.15) is 0 Å². The molecule has 0 saturated heterocycles. The van der Waals surface area contributed by atoms with E-state index in [0.717, 1.165) is 12.0 Å². The molecule has 11 heavy (non-hydrogen) atoms. The molecule has 0 radical (unpaired) electrons. The molecule has 1 unspecified atom stereocenters. The van der Waals surface area contributed by atoms with Gasteiger partial charge >= 0.3 is 0 Å². The van der Waals surface area contributed by atoms with Crippen LogP contribution in [0.5, 0.6) is 0 Å². The summed E-state index contributed by atoms with van der Waals surface area (Å²) in [5, 5.41) is 3.63. The molecule has 0 aromatic rings. The van der Waals surface area contributed by atoms with E-state index in [-0.39, 0.29) is 0 Å². The largest absolute Gasteiger partial charge is 0.311 e. The van der Waals surface area contributed by atoms with Crippen LogP contribution in [0.25, 0.3) is 0 Å². The maximum Gasteiger partial charge on any atom is 0.0132 e. The molecule has 0 aliphatic heterocycles. The molecule has 0 spiro atoms. The highest BCUT2D eigenvalue weighted by molar-refractivity contribution is 7.98. The highest BCUT2D eigenvalue weighted by Gasteiger charge is 2.25. The van der Waals surface area contributed by atoms with Crippen molar-refractivity contribution in [2.45, 2.75) is 38.8 Å². The van der Waals surface area contributed by atoms with Crippen LogP contribution >= 0.6 is 11.8 Å². The second-order valence-electron chi connectivity index (χ2n) is 3.80. The first kappa shape index (κ1) is 9.40. The summed E-state index contributed by atoms with van der Waals surface area (Å²) in [7, 11) is 0. The average molecular weight is 173 g/mol. The quantitative estimate of drug-likeness (QED) is 0.699. The summed E-state index contributed by atoms with van der Waals surface area (Å²) in [5.41, 5.74) is 0. The van der Waals surface area contributed by atoms with Gasteiger partial charge in [0.05, 0.1) is 0 Å². The summed E-state index contributed by atoms with van der Waals surface area (Å²) in [6.07, 6.45) is 4.94. The lowest BCUT2D eigenvalue weighted by Gasteiger charge is -2.35. The SMILES string of the molecule is CSCC(C)NC1CC(C)C1. The van der Waals surface area contributed by atoms with Crippen LogP contribution in [0.3, 0.4) is 0 Å². The van der Waals surface area contributed by atoms with E-state index in [4.69, 9.17) is 0 Å². The summed E-state index contributed by atoms with van der Waals surface area (Å²) in [5.74, 6) is 2.21. The van der Waals surface area contributed by atoms with Crippen LogP contribution in [0.2, 0.25) is 0 Å². The van der Waals surface area contributed by atoms with Crippen molar-refractivity contribution in [3.63, 3.8) is 0 Å². The van der Waals surface area contributed by atoms with Crippen molar-refractivity contribution in [2.75, 3.05) is 12.0 Å². The molecule has 0 aromatic heterocycles. The second kappa shape index (κ2) is 4.36. The van der Waals surface area contributed by atoms with Crippen LogP contribution in [-0.2, 0) is 0 Å². The third kappa shape index (κ3) is 3.04. The van der Waals surface area contributed by atoms with Gasteiger partial charge in [0.2, 0.25) is 0 Å². The van der Waals surface area contributed by atoms with E-state index >= 15 is 0 Å². The number of thioether (sulfide) groups is 1. The molecule has 0 amide bonds. The first-order valence-corrected chi connectivity index (χ1v) is 5.86. The Bertz CT molecular complexity index is 107. The second-order valence-corrected chi connectivity index (χ2v) is 4.71. The summed E-state index contributed by atoms with van der Waals surface area (Å²) >= 11 is 1.92. The average Bonchev–Trinajstić information content (AvgIpc) is 1.85. The van der Waals surface area contributed by atoms with Crippen LogP contribution in [0.4, 0.5) is 0 Å². The van der Waals surface area contributed by atoms with Crippen molar-refractivity contribution in [3.05, 3.63) is 0 Å². The molecule has 0 bridgehead atoms. The molecule has 2 heteroatoms. The van der Waals surface area contributed by atoms with Gasteiger partial charge in [-0.25, -0.2) is 0 Å². The molecule has 1 aliphatic rings. The van der Waals surface area contributed by atoms with E-state index in [9.17, 15) is 0 Å². The summed E-state index contributed by atoms with van der Waals surface area (Å²) < 4.78 is 0. The predicted octanol–water partition coefficient (Wildman–Crippen LogP) is 2.13. The minimum atomic E-state index is 0.697.